The molecule has 0 atom stereocenters. The maximum absolute atomic E-state index is 4.42. The van der Waals surface area contributed by atoms with E-state index in [0.717, 1.165) is 38.3 Å². The highest BCUT2D eigenvalue weighted by atomic mass is 15.2. The molecule has 1 aliphatic rings. The first-order valence-corrected chi connectivity index (χ1v) is 6.98. The van der Waals surface area contributed by atoms with Gasteiger partial charge in [-0.2, -0.15) is 0 Å². The van der Waals surface area contributed by atoms with Crippen LogP contribution in [0.25, 0.3) is 0 Å². The number of nitrogens with one attached hydrogen (secondary N) is 2. The Labute approximate surface area is 110 Å². The largest absolute Gasteiger partial charge is 0.354 e. The molecule has 0 spiro atoms. The Morgan fingerprint density at radius 2 is 1.78 bits per heavy atom. The first-order chi connectivity index (χ1) is 8.78. The van der Waals surface area contributed by atoms with Gasteiger partial charge in [0.2, 0.25) is 0 Å². The molecular formula is C15H23N3. The topological polar surface area (TPSA) is 36.4 Å². The van der Waals surface area contributed by atoms with Gasteiger partial charge in [0.25, 0.3) is 0 Å². The second-order valence-electron chi connectivity index (χ2n) is 4.63. The number of rotatable bonds is 4. The number of aryl methyl sites for hydroxylation is 3. The van der Waals surface area contributed by atoms with E-state index in [-0.39, 0.29) is 0 Å². The van der Waals surface area contributed by atoms with Gasteiger partial charge in [-0.15, -0.1) is 0 Å². The van der Waals surface area contributed by atoms with Crippen LogP contribution in [0.4, 0.5) is 5.69 Å². The molecule has 1 aliphatic heterocycles. The first kappa shape index (κ1) is 12.9. The summed E-state index contributed by atoms with van der Waals surface area (Å²) in [4.78, 5) is 4.42. The van der Waals surface area contributed by atoms with Crippen LogP contribution in [0.3, 0.4) is 0 Å². The average Bonchev–Trinajstić information content (AvgIpc) is 2.91. The van der Waals surface area contributed by atoms with Crippen LogP contribution >= 0.6 is 0 Å². The number of nitrogens with zero attached hydrogens (tertiary/aromatic N) is 1. The normalized spacial score (nSPS) is 14.3. The van der Waals surface area contributed by atoms with E-state index in [9.17, 15) is 0 Å². The van der Waals surface area contributed by atoms with E-state index in [1.54, 1.807) is 0 Å². The quantitative estimate of drug-likeness (QED) is 0.855. The highest BCUT2D eigenvalue weighted by Crippen LogP contribution is 2.25. The molecule has 3 heteroatoms. The molecule has 0 fully saturated rings. The van der Waals surface area contributed by atoms with Crippen LogP contribution < -0.4 is 10.6 Å². The van der Waals surface area contributed by atoms with Crippen LogP contribution in [0.1, 0.15) is 37.5 Å². The second-order valence-corrected chi connectivity index (χ2v) is 4.63. The molecule has 0 saturated carbocycles. The van der Waals surface area contributed by atoms with Crippen LogP contribution in [-0.4, -0.2) is 19.0 Å². The van der Waals surface area contributed by atoms with Gasteiger partial charge in [-0.25, -0.2) is 0 Å². The first-order valence-electron chi connectivity index (χ1n) is 6.98. The van der Waals surface area contributed by atoms with E-state index in [0.29, 0.717) is 0 Å². The third-order valence-corrected chi connectivity index (χ3v) is 3.45. The summed E-state index contributed by atoms with van der Waals surface area (Å²) in [5.74, 6) is 0.920. The lowest BCUT2D eigenvalue weighted by Gasteiger charge is -2.17. The monoisotopic (exact) mass is 245 g/mol. The molecule has 98 valence electrons. The minimum absolute atomic E-state index is 0.873. The molecule has 1 aromatic rings. The van der Waals surface area contributed by atoms with Gasteiger partial charge < -0.3 is 10.6 Å². The summed E-state index contributed by atoms with van der Waals surface area (Å²) < 4.78 is 0. The summed E-state index contributed by atoms with van der Waals surface area (Å²) in [6, 6.07) is 4.63. The van der Waals surface area contributed by atoms with Crippen molar-refractivity contribution in [3.63, 3.8) is 0 Å². The number of guanidine groups is 1. The molecule has 0 bridgehead atoms. The summed E-state index contributed by atoms with van der Waals surface area (Å²) in [6.07, 6.45) is 3.20. The summed E-state index contributed by atoms with van der Waals surface area (Å²) in [5.41, 5.74) is 5.46. The number of benzene rings is 1. The van der Waals surface area contributed by atoms with Gasteiger partial charge in [0.05, 0.1) is 6.54 Å². The zero-order chi connectivity index (χ0) is 13.0. The lowest BCUT2D eigenvalue weighted by atomic mass is 9.98. The summed E-state index contributed by atoms with van der Waals surface area (Å²) in [7, 11) is 0. The second kappa shape index (κ2) is 5.89. The fraction of sp³-hybridized carbons (Fsp3) is 0.533. The van der Waals surface area contributed by atoms with Gasteiger partial charge in [0.15, 0.2) is 5.96 Å². The number of anilines is 1. The molecule has 18 heavy (non-hydrogen) atoms. The van der Waals surface area contributed by atoms with Crippen molar-refractivity contribution in [2.75, 3.05) is 18.4 Å². The van der Waals surface area contributed by atoms with Crippen molar-refractivity contribution in [2.24, 2.45) is 4.99 Å². The Hall–Kier alpha value is -1.51. The number of hydrogen-bond acceptors (Lipinski definition) is 3. The number of aliphatic imine (C=N–C) groups is 1. The molecule has 0 aliphatic carbocycles. The molecular weight excluding hydrogens is 222 g/mol. The summed E-state index contributed by atoms with van der Waals surface area (Å²) >= 11 is 0. The Balaban J connectivity index is 2.36. The van der Waals surface area contributed by atoms with Crippen molar-refractivity contribution >= 4 is 11.6 Å². The van der Waals surface area contributed by atoms with Gasteiger partial charge in [-0.05, 0) is 36.0 Å². The zero-order valence-corrected chi connectivity index (χ0v) is 11.6. The molecule has 0 amide bonds. The third-order valence-electron chi connectivity index (χ3n) is 3.45. The Bertz CT molecular complexity index is 424. The zero-order valence-electron chi connectivity index (χ0n) is 11.6. The van der Waals surface area contributed by atoms with Gasteiger partial charge in [0, 0.05) is 12.2 Å². The van der Waals surface area contributed by atoms with Crippen LogP contribution in [0, 0.1) is 0 Å². The predicted octanol–water partition coefficient (Wildman–Crippen LogP) is 2.74. The van der Waals surface area contributed by atoms with E-state index < -0.39 is 0 Å². The fourth-order valence-electron chi connectivity index (χ4n) is 2.36. The highest BCUT2D eigenvalue weighted by Gasteiger charge is 2.12. The SMILES string of the molecule is CCc1cc(CC)c(NC2=NCCN2)c(CC)c1. The van der Waals surface area contributed by atoms with Gasteiger partial charge in [0.1, 0.15) is 0 Å². The van der Waals surface area contributed by atoms with Crippen molar-refractivity contribution in [3.8, 4) is 0 Å². The van der Waals surface area contributed by atoms with Crippen molar-refractivity contribution in [1.29, 1.82) is 0 Å². The Morgan fingerprint density at radius 1 is 1.11 bits per heavy atom. The Kier molecular flexibility index (Phi) is 4.24. The highest BCUT2D eigenvalue weighted by molar-refractivity contribution is 5.96. The fourth-order valence-corrected chi connectivity index (χ4v) is 2.36. The molecule has 0 saturated heterocycles. The predicted molar refractivity (Wildman–Crippen MR) is 78.5 cm³/mol. The van der Waals surface area contributed by atoms with Gasteiger partial charge >= 0.3 is 0 Å². The molecule has 1 aromatic carbocycles. The van der Waals surface area contributed by atoms with Crippen LogP contribution in [0.5, 0.6) is 0 Å². The molecule has 0 unspecified atom stereocenters. The molecule has 3 nitrogen and oxygen atoms in total. The summed E-state index contributed by atoms with van der Waals surface area (Å²) in [6.45, 7) is 8.45. The number of hydrogen-bond donors (Lipinski definition) is 2. The van der Waals surface area contributed by atoms with E-state index in [1.807, 2.05) is 0 Å². The third kappa shape index (κ3) is 2.66. The smallest absolute Gasteiger partial charge is 0.195 e. The Morgan fingerprint density at radius 3 is 2.22 bits per heavy atom. The maximum Gasteiger partial charge on any atom is 0.195 e. The van der Waals surface area contributed by atoms with Gasteiger partial charge in [-0.1, -0.05) is 32.9 Å². The van der Waals surface area contributed by atoms with Crippen molar-refractivity contribution in [3.05, 3.63) is 28.8 Å². The lowest BCUT2D eigenvalue weighted by molar-refractivity contribution is 0.958. The summed E-state index contributed by atoms with van der Waals surface area (Å²) in [5, 5.41) is 6.75. The average molecular weight is 245 g/mol. The molecule has 0 aromatic heterocycles. The van der Waals surface area contributed by atoms with E-state index in [2.05, 4.69) is 48.5 Å². The lowest BCUT2D eigenvalue weighted by Crippen LogP contribution is -2.27. The van der Waals surface area contributed by atoms with Crippen molar-refractivity contribution in [2.45, 2.75) is 40.0 Å². The van der Waals surface area contributed by atoms with E-state index >= 15 is 0 Å². The molecule has 1 heterocycles. The molecule has 2 N–H and O–H groups in total. The van der Waals surface area contributed by atoms with Crippen molar-refractivity contribution in [1.82, 2.24) is 5.32 Å². The van der Waals surface area contributed by atoms with E-state index in [1.165, 1.54) is 22.4 Å². The molecule has 0 radical (unpaired) electrons. The standard InChI is InChI=1S/C15H23N3/c1-4-11-9-12(5-2)14(13(6-3)10-11)18-15-16-7-8-17-15/h9-10H,4-8H2,1-3H3,(H2,16,17,18). The van der Waals surface area contributed by atoms with Gasteiger partial charge in [-0.3, -0.25) is 4.99 Å². The van der Waals surface area contributed by atoms with Crippen LogP contribution in [0.2, 0.25) is 0 Å². The molecule has 2 rings (SSSR count). The van der Waals surface area contributed by atoms with Crippen LogP contribution in [-0.2, 0) is 19.3 Å². The minimum atomic E-state index is 0.873. The van der Waals surface area contributed by atoms with E-state index in [4.69, 9.17) is 0 Å². The minimum Gasteiger partial charge on any atom is -0.354 e. The van der Waals surface area contributed by atoms with Crippen molar-refractivity contribution < 1.29 is 0 Å². The maximum atomic E-state index is 4.42. The van der Waals surface area contributed by atoms with Crippen LogP contribution in [0.15, 0.2) is 17.1 Å².